The average molecular weight is 395 g/mol. The molecule has 0 saturated carbocycles. The summed E-state index contributed by atoms with van der Waals surface area (Å²) in [4.78, 5) is 32.2. The standard InChI is InChI=1S/C21H18NO5P/c23-20-12-15(14-6-9-17(10-7-14)28(25,26)27)8-11-18(20)19-13-21(24)22(19)16-4-2-1-3-5-16/h1-12,19,23H,13H2,(H2,25,26,27). The minimum atomic E-state index is -4.29. The van der Waals surface area contributed by atoms with Gasteiger partial charge in [0, 0.05) is 11.3 Å². The number of phenols is 1. The van der Waals surface area contributed by atoms with Crippen molar-refractivity contribution in [3.8, 4) is 16.9 Å². The highest BCUT2D eigenvalue weighted by Crippen LogP contribution is 2.43. The second-order valence-corrected chi connectivity index (χ2v) is 8.29. The molecule has 6 nitrogen and oxygen atoms in total. The molecule has 1 aliphatic rings. The van der Waals surface area contributed by atoms with Crippen molar-refractivity contribution in [2.45, 2.75) is 12.5 Å². The normalized spacial score (nSPS) is 16.7. The minimum Gasteiger partial charge on any atom is -0.508 e. The first-order valence-electron chi connectivity index (χ1n) is 8.71. The maximum atomic E-state index is 12.1. The van der Waals surface area contributed by atoms with E-state index in [1.54, 1.807) is 29.2 Å². The van der Waals surface area contributed by atoms with E-state index in [1.165, 1.54) is 12.1 Å². The number of aromatic hydroxyl groups is 1. The zero-order valence-electron chi connectivity index (χ0n) is 14.8. The molecule has 3 aromatic rings. The van der Waals surface area contributed by atoms with Crippen LogP contribution in [0, 0.1) is 0 Å². The van der Waals surface area contributed by atoms with Gasteiger partial charge < -0.3 is 19.8 Å². The fourth-order valence-electron chi connectivity index (χ4n) is 3.43. The molecule has 1 amide bonds. The van der Waals surface area contributed by atoms with Gasteiger partial charge in [-0.15, -0.1) is 0 Å². The Hall–Kier alpha value is -2.92. The van der Waals surface area contributed by atoms with Crippen LogP contribution in [0.5, 0.6) is 5.75 Å². The summed E-state index contributed by atoms with van der Waals surface area (Å²) < 4.78 is 11.3. The van der Waals surface area contributed by atoms with E-state index in [9.17, 15) is 24.3 Å². The monoisotopic (exact) mass is 395 g/mol. The summed E-state index contributed by atoms with van der Waals surface area (Å²) in [6.45, 7) is 0. The highest BCUT2D eigenvalue weighted by molar-refractivity contribution is 7.60. The van der Waals surface area contributed by atoms with Gasteiger partial charge in [-0.25, -0.2) is 0 Å². The molecule has 0 aliphatic carbocycles. The number of carbonyl (C=O) groups excluding carboxylic acids is 1. The smallest absolute Gasteiger partial charge is 0.356 e. The van der Waals surface area contributed by atoms with Gasteiger partial charge in [-0.2, -0.15) is 0 Å². The Bertz CT molecular complexity index is 1080. The van der Waals surface area contributed by atoms with E-state index in [2.05, 4.69) is 0 Å². The Morgan fingerprint density at radius 1 is 0.893 bits per heavy atom. The number of anilines is 1. The number of carbonyl (C=O) groups is 1. The first-order valence-corrected chi connectivity index (χ1v) is 10.3. The van der Waals surface area contributed by atoms with E-state index >= 15 is 0 Å². The van der Waals surface area contributed by atoms with Crippen LogP contribution < -0.4 is 10.2 Å². The Kier molecular flexibility index (Phi) is 4.55. The fourth-order valence-corrected chi connectivity index (χ4v) is 3.97. The number of nitrogens with zero attached hydrogens (tertiary/aromatic N) is 1. The highest BCUT2D eigenvalue weighted by atomic mass is 31.2. The van der Waals surface area contributed by atoms with Gasteiger partial charge in [-0.05, 0) is 41.5 Å². The van der Waals surface area contributed by atoms with Crippen LogP contribution in [-0.2, 0) is 9.36 Å². The molecule has 1 fully saturated rings. The van der Waals surface area contributed by atoms with Crippen molar-refractivity contribution in [2.24, 2.45) is 0 Å². The number of benzene rings is 3. The molecule has 0 radical (unpaired) electrons. The number of para-hydroxylation sites is 1. The molecule has 4 rings (SSSR count). The second-order valence-electron chi connectivity index (χ2n) is 6.68. The molecule has 0 aromatic heterocycles. The average Bonchev–Trinajstić information content (AvgIpc) is 2.66. The Balaban J connectivity index is 1.62. The third-order valence-electron chi connectivity index (χ3n) is 4.91. The van der Waals surface area contributed by atoms with Crippen LogP contribution in [0.4, 0.5) is 5.69 Å². The van der Waals surface area contributed by atoms with Gasteiger partial charge in [0.1, 0.15) is 5.75 Å². The summed E-state index contributed by atoms with van der Waals surface area (Å²) in [5.41, 5.74) is 2.90. The van der Waals surface area contributed by atoms with Gasteiger partial charge in [-0.3, -0.25) is 9.36 Å². The van der Waals surface area contributed by atoms with Gasteiger partial charge in [0.05, 0.1) is 17.8 Å². The first-order chi connectivity index (χ1) is 13.3. The molecule has 28 heavy (non-hydrogen) atoms. The van der Waals surface area contributed by atoms with Crippen LogP contribution in [0.3, 0.4) is 0 Å². The lowest BCUT2D eigenvalue weighted by molar-refractivity contribution is -0.124. The van der Waals surface area contributed by atoms with Crippen LogP contribution in [-0.4, -0.2) is 20.8 Å². The quantitative estimate of drug-likeness (QED) is 0.465. The number of amides is 1. The van der Waals surface area contributed by atoms with Crippen LogP contribution in [0.15, 0.2) is 72.8 Å². The number of rotatable bonds is 4. The van der Waals surface area contributed by atoms with E-state index in [-0.39, 0.29) is 23.0 Å². The van der Waals surface area contributed by atoms with E-state index in [0.717, 1.165) is 16.8 Å². The summed E-state index contributed by atoms with van der Waals surface area (Å²) in [5, 5.41) is 10.5. The molecule has 3 N–H and O–H groups in total. The summed E-state index contributed by atoms with van der Waals surface area (Å²) in [6.07, 6.45) is 0.332. The van der Waals surface area contributed by atoms with Crippen LogP contribution in [0.2, 0.25) is 0 Å². The molecule has 1 unspecified atom stereocenters. The lowest BCUT2D eigenvalue weighted by atomic mass is 9.90. The molecule has 0 bridgehead atoms. The van der Waals surface area contributed by atoms with Crippen LogP contribution in [0.1, 0.15) is 18.0 Å². The predicted molar refractivity (Wildman–Crippen MR) is 107 cm³/mol. The summed E-state index contributed by atoms with van der Waals surface area (Å²) in [7, 11) is -4.29. The van der Waals surface area contributed by atoms with Crippen LogP contribution >= 0.6 is 7.60 Å². The van der Waals surface area contributed by atoms with Gasteiger partial charge in [-0.1, -0.05) is 42.5 Å². The number of hydrogen-bond acceptors (Lipinski definition) is 3. The van der Waals surface area contributed by atoms with Gasteiger partial charge in [0.25, 0.3) is 0 Å². The lowest BCUT2D eigenvalue weighted by Crippen LogP contribution is -2.46. The van der Waals surface area contributed by atoms with E-state index in [0.29, 0.717) is 12.0 Å². The fraction of sp³-hybridized carbons (Fsp3) is 0.0952. The van der Waals surface area contributed by atoms with Crippen molar-refractivity contribution in [2.75, 3.05) is 4.90 Å². The first kappa shape index (κ1) is 18.4. The third kappa shape index (κ3) is 3.34. The Labute approximate surface area is 161 Å². The zero-order chi connectivity index (χ0) is 19.9. The topological polar surface area (TPSA) is 98.1 Å². The van der Waals surface area contributed by atoms with Crippen molar-refractivity contribution in [3.63, 3.8) is 0 Å². The van der Waals surface area contributed by atoms with Crippen LogP contribution in [0.25, 0.3) is 11.1 Å². The molecule has 142 valence electrons. The Morgan fingerprint density at radius 2 is 1.54 bits per heavy atom. The number of phenolic OH excluding ortho intramolecular Hbond substituents is 1. The highest BCUT2D eigenvalue weighted by Gasteiger charge is 2.39. The van der Waals surface area contributed by atoms with Gasteiger partial charge in [0.15, 0.2) is 0 Å². The molecule has 1 aliphatic heterocycles. The second kappa shape index (κ2) is 6.91. The largest absolute Gasteiger partial charge is 0.508 e. The Morgan fingerprint density at radius 3 is 2.11 bits per heavy atom. The summed E-state index contributed by atoms with van der Waals surface area (Å²) >= 11 is 0. The minimum absolute atomic E-state index is 0.00713. The molecule has 1 atom stereocenters. The van der Waals surface area contributed by atoms with Crippen molar-refractivity contribution in [1.29, 1.82) is 0 Å². The van der Waals surface area contributed by atoms with Gasteiger partial charge >= 0.3 is 7.60 Å². The summed E-state index contributed by atoms with van der Waals surface area (Å²) in [5.74, 6) is 0.0858. The zero-order valence-corrected chi connectivity index (χ0v) is 15.7. The van der Waals surface area contributed by atoms with E-state index < -0.39 is 7.60 Å². The summed E-state index contributed by atoms with van der Waals surface area (Å²) in [6, 6.07) is 20.3. The molecular weight excluding hydrogens is 377 g/mol. The molecule has 0 spiro atoms. The van der Waals surface area contributed by atoms with Crippen molar-refractivity contribution >= 4 is 24.5 Å². The third-order valence-corrected chi connectivity index (χ3v) is 5.88. The van der Waals surface area contributed by atoms with Crippen molar-refractivity contribution in [1.82, 2.24) is 0 Å². The van der Waals surface area contributed by atoms with Crippen molar-refractivity contribution < 1.29 is 24.3 Å². The SMILES string of the molecule is O=C1CC(c2ccc(-c3ccc(P(=O)(O)O)cc3)cc2O)N1c1ccccc1. The predicted octanol–water partition coefficient (Wildman–Crippen LogP) is 3.34. The molecule has 3 aromatic carbocycles. The van der Waals surface area contributed by atoms with E-state index in [1.807, 2.05) is 36.4 Å². The maximum absolute atomic E-state index is 12.1. The molecule has 1 heterocycles. The van der Waals surface area contributed by atoms with Crippen molar-refractivity contribution in [3.05, 3.63) is 78.4 Å². The molecule has 7 heteroatoms. The number of hydrogen-bond donors (Lipinski definition) is 3. The van der Waals surface area contributed by atoms with Gasteiger partial charge in [0.2, 0.25) is 5.91 Å². The molecule has 1 saturated heterocycles. The molecular formula is C21H18NO5P. The number of β-lactam (4-membered cyclic amide) rings is 1. The maximum Gasteiger partial charge on any atom is 0.356 e. The van der Waals surface area contributed by atoms with E-state index in [4.69, 9.17) is 0 Å². The lowest BCUT2D eigenvalue weighted by Gasteiger charge is -2.41.